The van der Waals surface area contributed by atoms with Crippen LogP contribution in [0.5, 0.6) is 5.75 Å². The van der Waals surface area contributed by atoms with Crippen LogP contribution in [-0.2, 0) is 10.3 Å². The van der Waals surface area contributed by atoms with Crippen LogP contribution in [0.3, 0.4) is 0 Å². The molecule has 2 amide bonds. The third-order valence-corrected chi connectivity index (χ3v) is 8.54. The molecule has 7 rings (SSSR count). The van der Waals surface area contributed by atoms with Gasteiger partial charge in [0.2, 0.25) is 5.91 Å². The minimum atomic E-state index is -0.457. The largest absolute Gasteiger partial charge is 0.497 e. The second-order valence-corrected chi connectivity index (χ2v) is 10.5. The van der Waals surface area contributed by atoms with E-state index in [9.17, 15) is 9.59 Å². The van der Waals surface area contributed by atoms with Gasteiger partial charge in [0, 0.05) is 18.4 Å². The second kappa shape index (κ2) is 8.23. The summed E-state index contributed by atoms with van der Waals surface area (Å²) in [6, 6.07) is 17.3. The first-order valence-corrected chi connectivity index (χ1v) is 13.0. The number of nitrogens with zero attached hydrogens (tertiary/aromatic N) is 3. The highest BCUT2D eigenvalue weighted by atomic mass is 16.5. The van der Waals surface area contributed by atoms with E-state index in [0.29, 0.717) is 11.5 Å². The number of piperidine rings is 1. The molecule has 3 aromatic heterocycles. The summed E-state index contributed by atoms with van der Waals surface area (Å²) in [6.07, 6.45) is 8.21. The van der Waals surface area contributed by atoms with Gasteiger partial charge in [0.25, 0.3) is 5.91 Å². The summed E-state index contributed by atoms with van der Waals surface area (Å²) < 4.78 is 7.32. The first-order valence-electron chi connectivity index (χ1n) is 13.0. The Morgan fingerprint density at radius 2 is 1.95 bits per heavy atom. The number of hydrogen-bond donors (Lipinski definition) is 2. The van der Waals surface area contributed by atoms with Gasteiger partial charge in [0.15, 0.2) is 0 Å². The third kappa shape index (κ3) is 3.46. The number of carbonyl (C=O) groups is 2. The number of methoxy groups -OCH3 is 1. The Kier molecular flexibility index (Phi) is 4.93. The lowest BCUT2D eigenvalue weighted by molar-refractivity contribution is -0.128. The number of ether oxygens (including phenoxy) is 1. The third-order valence-electron chi connectivity index (χ3n) is 8.54. The van der Waals surface area contributed by atoms with E-state index in [2.05, 4.69) is 15.5 Å². The van der Waals surface area contributed by atoms with Gasteiger partial charge in [-0.3, -0.25) is 14.7 Å². The number of aromatic nitrogens is 3. The summed E-state index contributed by atoms with van der Waals surface area (Å²) >= 11 is 0. The smallest absolute Gasteiger partial charge is 0.257 e. The second-order valence-electron chi connectivity index (χ2n) is 10.5. The molecule has 1 aliphatic heterocycles. The highest BCUT2D eigenvalue weighted by Crippen LogP contribution is 2.50. The Labute approximate surface area is 214 Å². The van der Waals surface area contributed by atoms with Gasteiger partial charge in [-0.15, -0.1) is 0 Å². The SMILES string of the molecule is COc1ccc(C2(NC(=O)[C@H]3CC4CC4N3C(=O)c3cc(-c4ccn[nH]4)n4ccccc34)CCC2)cc1. The predicted octanol–water partition coefficient (Wildman–Crippen LogP) is 4.14. The molecule has 8 heteroatoms. The van der Waals surface area contributed by atoms with E-state index < -0.39 is 6.04 Å². The summed E-state index contributed by atoms with van der Waals surface area (Å²) in [5.41, 5.74) is 3.87. The van der Waals surface area contributed by atoms with Crippen molar-refractivity contribution in [3.05, 3.63) is 78.1 Å². The van der Waals surface area contributed by atoms with Crippen molar-refractivity contribution in [2.75, 3.05) is 7.11 Å². The number of amides is 2. The van der Waals surface area contributed by atoms with Gasteiger partial charge in [-0.25, -0.2) is 0 Å². The Hall–Kier alpha value is -4.07. The van der Waals surface area contributed by atoms with Crippen molar-refractivity contribution in [1.29, 1.82) is 0 Å². The van der Waals surface area contributed by atoms with E-state index >= 15 is 0 Å². The number of pyridine rings is 1. The number of hydrogen-bond acceptors (Lipinski definition) is 4. The normalized spacial score (nSPS) is 23.4. The molecule has 188 valence electrons. The number of aromatic amines is 1. The van der Waals surface area contributed by atoms with Gasteiger partial charge in [-0.2, -0.15) is 5.10 Å². The van der Waals surface area contributed by atoms with Crippen LogP contribution in [0.2, 0.25) is 0 Å². The molecule has 4 heterocycles. The average molecular weight is 496 g/mol. The zero-order valence-corrected chi connectivity index (χ0v) is 20.7. The molecule has 3 fully saturated rings. The lowest BCUT2D eigenvalue weighted by atomic mass is 9.71. The molecule has 3 atom stereocenters. The maximum absolute atomic E-state index is 14.1. The van der Waals surface area contributed by atoms with Gasteiger partial charge in [-0.1, -0.05) is 18.2 Å². The minimum Gasteiger partial charge on any atom is -0.497 e. The fraction of sp³-hybridized carbons (Fsp3) is 0.345. The van der Waals surface area contributed by atoms with Crippen LogP contribution in [0.1, 0.15) is 48.0 Å². The van der Waals surface area contributed by atoms with Crippen LogP contribution in [0.15, 0.2) is 67.0 Å². The van der Waals surface area contributed by atoms with Crippen LogP contribution >= 0.6 is 0 Å². The van der Waals surface area contributed by atoms with Crippen molar-refractivity contribution in [1.82, 2.24) is 24.8 Å². The summed E-state index contributed by atoms with van der Waals surface area (Å²) in [4.78, 5) is 29.7. The molecule has 4 aromatic rings. The van der Waals surface area contributed by atoms with Crippen LogP contribution in [0.4, 0.5) is 0 Å². The minimum absolute atomic E-state index is 0.0478. The van der Waals surface area contributed by atoms with Crippen molar-refractivity contribution < 1.29 is 14.3 Å². The number of H-pyrrole nitrogens is 1. The molecule has 8 nitrogen and oxygen atoms in total. The molecule has 2 saturated carbocycles. The van der Waals surface area contributed by atoms with Gasteiger partial charge in [0.05, 0.1) is 35.1 Å². The fourth-order valence-corrected chi connectivity index (χ4v) is 6.30. The molecule has 2 aliphatic carbocycles. The van der Waals surface area contributed by atoms with Crippen molar-refractivity contribution >= 4 is 17.3 Å². The molecule has 3 aliphatic rings. The molecule has 0 bridgehead atoms. The zero-order valence-electron chi connectivity index (χ0n) is 20.7. The van der Waals surface area contributed by atoms with Gasteiger partial charge < -0.3 is 19.4 Å². The van der Waals surface area contributed by atoms with E-state index in [1.165, 1.54) is 0 Å². The number of fused-ring (bicyclic) bond motifs is 2. The molecule has 1 aromatic carbocycles. The summed E-state index contributed by atoms with van der Waals surface area (Å²) in [7, 11) is 1.65. The Morgan fingerprint density at radius 1 is 1.11 bits per heavy atom. The maximum atomic E-state index is 14.1. The molecule has 2 unspecified atom stereocenters. The highest BCUT2D eigenvalue weighted by molar-refractivity contribution is 6.05. The maximum Gasteiger partial charge on any atom is 0.257 e. The average Bonchev–Trinajstić information content (AvgIpc) is 3.27. The Morgan fingerprint density at radius 3 is 2.65 bits per heavy atom. The Balaban J connectivity index is 1.19. The quantitative estimate of drug-likeness (QED) is 0.421. The summed E-state index contributed by atoms with van der Waals surface area (Å²) in [5, 5.41) is 10.5. The van der Waals surface area contributed by atoms with Crippen LogP contribution in [0, 0.1) is 5.92 Å². The van der Waals surface area contributed by atoms with Crippen molar-refractivity contribution in [2.45, 2.75) is 49.7 Å². The van der Waals surface area contributed by atoms with Gasteiger partial charge >= 0.3 is 0 Å². The molecule has 0 spiro atoms. The molecule has 0 radical (unpaired) electrons. The van der Waals surface area contributed by atoms with E-state index in [0.717, 1.165) is 60.3 Å². The number of rotatable bonds is 6. The van der Waals surface area contributed by atoms with Crippen molar-refractivity contribution in [3.63, 3.8) is 0 Å². The number of nitrogens with one attached hydrogen (secondary N) is 2. The standard InChI is InChI=1S/C29H29N5O3/c1-37-20-8-6-19(7-9-20)29(11-4-12-29)31-27(35)26-16-18-15-24(18)34(26)28(36)21-17-25(22-10-13-30-32-22)33-14-3-2-5-23(21)33/h2-3,5-10,13-14,17-18,24,26H,4,11-12,15-16H2,1H3,(H,30,32)(H,31,35)/t18?,24?,26-/m1/s1. The first kappa shape index (κ1) is 22.2. The van der Waals surface area contributed by atoms with Crippen molar-refractivity contribution in [3.8, 4) is 17.1 Å². The molecular weight excluding hydrogens is 466 g/mol. The first-order chi connectivity index (χ1) is 18.1. The number of benzene rings is 1. The Bertz CT molecular complexity index is 1490. The highest BCUT2D eigenvalue weighted by Gasteiger charge is 2.57. The van der Waals surface area contributed by atoms with Crippen LogP contribution in [-0.4, -0.2) is 50.5 Å². The molecule has 37 heavy (non-hydrogen) atoms. The number of carbonyl (C=O) groups excluding carboxylic acids is 2. The zero-order chi connectivity index (χ0) is 25.1. The van der Waals surface area contributed by atoms with E-state index in [1.54, 1.807) is 13.3 Å². The van der Waals surface area contributed by atoms with E-state index in [1.807, 2.05) is 70.1 Å². The van der Waals surface area contributed by atoms with Crippen molar-refractivity contribution in [2.24, 2.45) is 5.92 Å². The molecule has 2 N–H and O–H groups in total. The van der Waals surface area contributed by atoms with Gasteiger partial charge in [0.1, 0.15) is 11.8 Å². The number of likely N-dealkylation sites (tertiary alicyclic amines) is 1. The fourth-order valence-electron chi connectivity index (χ4n) is 6.30. The predicted molar refractivity (Wildman–Crippen MR) is 138 cm³/mol. The van der Waals surface area contributed by atoms with E-state index in [-0.39, 0.29) is 23.4 Å². The van der Waals surface area contributed by atoms with E-state index in [4.69, 9.17) is 4.74 Å². The van der Waals surface area contributed by atoms with Gasteiger partial charge in [-0.05, 0) is 80.0 Å². The monoisotopic (exact) mass is 495 g/mol. The van der Waals surface area contributed by atoms with Crippen LogP contribution < -0.4 is 10.1 Å². The van der Waals surface area contributed by atoms with Crippen LogP contribution in [0.25, 0.3) is 16.9 Å². The summed E-state index contributed by atoms with van der Waals surface area (Å²) in [6.45, 7) is 0. The molecule has 1 saturated heterocycles. The molecular formula is C29H29N5O3. The summed E-state index contributed by atoms with van der Waals surface area (Å²) in [5.74, 6) is 1.07. The topological polar surface area (TPSA) is 91.7 Å². The lowest BCUT2D eigenvalue weighted by Gasteiger charge is -2.44. The lowest BCUT2D eigenvalue weighted by Crippen LogP contribution is -2.57.